The molecule has 0 aliphatic heterocycles. The highest BCUT2D eigenvalue weighted by atomic mass is 16.5. The average Bonchev–Trinajstić information content (AvgIpc) is 2.19. The Morgan fingerprint density at radius 3 is 2.57 bits per heavy atom. The maximum atomic E-state index is 11.7. The zero-order valence-electron chi connectivity index (χ0n) is 9.32. The van der Waals surface area contributed by atoms with Crippen LogP contribution in [-0.2, 0) is 9.53 Å². The summed E-state index contributed by atoms with van der Waals surface area (Å²) < 4.78 is 5.38. The van der Waals surface area contributed by atoms with Crippen molar-refractivity contribution in [1.29, 1.82) is 0 Å². The lowest BCUT2D eigenvalue weighted by molar-refractivity contribution is -0.155. The largest absolute Gasteiger partial charge is 0.462 e. The first kappa shape index (κ1) is 11.3. The molecule has 2 nitrogen and oxygen atoms in total. The Bertz CT molecular complexity index is 218. The van der Waals surface area contributed by atoms with Crippen LogP contribution in [0.4, 0.5) is 0 Å². The number of esters is 1. The summed E-state index contributed by atoms with van der Waals surface area (Å²) in [6.07, 6.45) is 7.05. The molecule has 0 bridgehead atoms. The van der Waals surface area contributed by atoms with Gasteiger partial charge in [0.25, 0.3) is 0 Å². The molecule has 1 aliphatic rings. The minimum absolute atomic E-state index is 0.0180. The molecular weight excluding hydrogens is 176 g/mol. The van der Waals surface area contributed by atoms with E-state index in [0.29, 0.717) is 5.92 Å². The van der Waals surface area contributed by atoms with Crippen molar-refractivity contribution in [3.05, 3.63) is 12.2 Å². The van der Waals surface area contributed by atoms with Crippen molar-refractivity contribution in [3.8, 4) is 0 Å². The van der Waals surface area contributed by atoms with E-state index in [1.54, 1.807) is 0 Å². The fraction of sp³-hybridized carbons (Fsp3) is 0.750. The number of carbonyl (C=O) groups is 1. The maximum Gasteiger partial charge on any atom is 0.309 e. The molecule has 2 atom stereocenters. The van der Waals surface area contributed by atoms with E-state index in [9.17, 15) is 4.79 Å². The third-order valence-electron chi connectivity index (χ3n) is 2.84. The van der Waals surface area contributed by atoms with Crippen molar-refractivity contribution in [2.75, 3.05) is 0 Å². The van der Waals surface area contributed by atoms with E-state index in [4.69, 9.17) is 4.74 Å². The second kappa shape index (κ2) is 5.18. The van der Waals surface area contributed by atoms with Crippen LogP contribution in [0, 0.1) is 11.8 Å². The predicted octanol–water partition coefficient (Wildman–Crippen LogP) is 2.93. The third kappa shape index (κ3) is 3.17. The van der Waals surface area contributed by atoms with E-state index in [1.165, 1.54) is 0 Å². The van der Waals surface area contributed by atoms with Crippen molar-refractivity contribution in [2.24, 2.45) is 11.8 Å². The summed E-state index contributed by atoms with van der Waals surface area (Å²) >= 11 is 0. The molecular formula is C12H20O2. The standard InChI is InChI=1S/C12H20O2/c1-9(2)10(3)14-12(13)11-7-5-4-6-8-11/h4-5,9-11H,6-8H2,1-3H3. The molecule has 0 radical (unpaired) electrons. The molecule has 0 aromatic rings. The normalized spacial score (nSPS) is 23.6. The van der Waals surface area contributed by atoms with Gasteiger partial charge in [-0.05, 0) is 32.1 Å². The van der Waals surface area contributed by atoms with Crippen LogP contribution in [0.25, 0.3) is 0 Å². The summed E-state index contributed by atoms with van der Waals surface area (Å²) in [6.45, 7) is 6.10. The summed E-state index contributed by atoms with van der Waals surface area (Å²) in [6, 6.07) is 0. The first-order valence-electron chi connectivity index (χ1n) is 5.46. The summed E-state index contributed by atoms with van der Waals surface area (Å²) in [4.78, 5) is 11.7. The fourth-order valence-corrected chi connectivity index (χ4v) is 1.42. The summed E-state index contributed by atoms with van der Waals surface area (Å²) in [5.41, 5.74) is 0. The average molecular weight is 196 g/mol. The molecule has 2 heteroatoms. The Kier molecular flexibility index (Phi) is 4.18. The molecule has 1 aliphatic carbocycles. The Balaban J connectivity index is 2.37. The van der Waals surface area contributed by atoms with E-state index in [1.807, 2.05) is 6.92 Å². The molecule has 0 saturated heterocycles. The lowest BCUT2D eigenvalue weighted by Gasteiger charge is -2.21. The molecule has 0 aromatic heterocycles. The van der Waals surface area contributed by atoms with Crippen LogP contribution < -0.4 is 0 Å². The highest BCUT2D eigenvalue weighted by molar-refractivity contribution is 5.73. The highest BCUT2D eigenvalue weighted by Gasteiger charge is 2.22. The van der Waals surface area contributed by atoms with Gasteiger partial charge in [-0.2, -0.15) is 0 Å². The van der Waals surface area contributed by atoms with Crippen molar-refractivity contribution in [2.45, 2.75) is 46.1 Å². The Labute approximate surface area is 86.3 Å². The minimum atomic E-state index is -0.0180. The van der Waals surface area contributed by atoms with Gasteiger partial charge in [-0.15, -0.1) is 0 Å². The molecule has 0 N–H and O–H groups in total. The molecule has 0 spiro atoms. The number of rotatable bonds is 3. The number of ether oxygens (including phenoxy) is 1. The van der Waals surface area contributed by atoms with Gasteiger partial charge in [0.05, 0.1) is 5.92 Å². The van der Waals surface area contributed by atoms with Gasteiger partial charge in [-0.1, -0.05) is 26.0 Å². The quantitative estimate of drug-likeness (QED) is 0.512. The van der Waals surface area contributed by atoms with E-state index in [2.05, 4.69) is 26.0 Å². The molecule has 0 amide bonds. The van der Waals surface area contributed by atoms with Gasteiger partial charge in [0.1, 0.15) is 6.10 Å². The summed E-state index contributed by atoms with van der Waals surface area (Å²) in [7, 11) is 0. The van der Waals surface area contributed by atoms with Gasteiger partial charge >= 0.3 is 5.97 Å². The van der Waals surface area contributed by atoms with Crippen molar-refractivity contribution in [3.63, 3.8) is 0 Å². The van der Waals surface area contributed by atoms with Crippen LogP contribution in [0.15, 0.2) is 12.2 Å². The first-order valence-corrected chi connectivity index (χ1v) is 5.46. The van der Waals surface area contributed by atoms with Gasteiger partial charge in [-0.3, -0.25) is 4.79 Å². The topological polar surface area (TPSA) is 26.3 Å². The Morgan fingerprint density at radius 2 is 2.07 bits per heavy atom. The number of hydrogen-bond acceptors (Lipinski definition) is 2. The monoisotopic (exact) mass is 196 g/mol. The molecule has 80 valence electrons. The number of carbonyl (C=O) groups excluding carboxylic acids is 1. The molecule has 2 unspecified atom stereocenters. The van der Waals surface area contributed by atoms with Crippen LogP contribution in [0.2, 0.25) is 0 Å². The first-order chi connectivity index (χ1) is 6.61. The van der Waals surface area contributed by atoms with Crippen molar-refractivity contribution < 1.29 is 9.53 Å². The van der Waals surface area contributed by atoms with Crippen LogP contribution in [-0.4, -0.2) is 12.1 Å². The van der Waals surface area contributed by atoms with E-state index in [-0.39, 0.29) is 18.0 Å². The zero-order valence-corrected chi connectivity index (χ0v) is 9.32. The van der Waals surface area contributed by atoms with Gasteiger partial charge < -0.3 is 4.74 Å². The lowest BCUT2D eigenvalue weighted by Crippen LogP contribution is -2.26. The maximum absolute atomic E-state index is 11.7. The van der Waals surface area contributed by atoms with E-state index in [0.717, 1.165) is 19.3 Å². The van der Waals surface area contributed by atoms with E-state index < -0.39 is 0 Å². The van der Waals surface area contributed by atoms with Crippen LogP contribution in [0.1, 0.15) is 40.0 Å². The zero-order chi connectivity index (χ0) is 10.6. The van der Waals surface area contributed by atoms with Crippen LogP contribution >= 0.6 is 0 Å². The van der Waals surface area contributed by atoms with Gasteiger partial charge in [0, 0.05) is 0 Å². The van der Waals surface area contributed by atoms with Crippen molar-refractivity contribution >= 4 is 5.97 Å². The third-order valence-corrected chi connectivity index (χ3v) is 2.84. The number of hydrogen-bond donors (Lipinski definition) is 0. The second-order valence-electron chi connectivity index (χ2n) is 4.37. The van der Waals surface area contributed by atoms with Gasteiger partial charge in [0.2, 0.25) is 0 Å². The molecule has 0 saturated carbocycles. The molecule has 0 aromatic carbocycles. The fourth-order valence-electron chi connectivity index (χ4n) is 1.42. The highest BCUT2D eigenvalue weighted by Crippen LogP contribution is 2.21. The van der Waals surface area contributed by atoms with Crippen LogP contribution in [0.3, 0.4) is 0 Å². The molecule has 14 heavy (non-hydrogen) atoms. The molecule has 0 fully saturated rings. The van der Waals surface area contributed by atoms with E-state index >= 15 is 0 Å². The Morgan fingerprint density at radius 1 is 1.36 bits per heavy atom. The molecule has 1 rings (SSSR count). The minimum Gasteiger partial charge on any atom is -0.462 e. The van der Waals surface area contributed by atoms with Crippen molar-refractivity contribution in [1.82, 2.24) is 0 Å². The SMILES string of the molecule is CC(C)C(C)OC(=O)C1CC=CCC1. The Hall–Kier alpha value is -0.790. The smallest absolute Gasteiger partial charge is 0.309 e. The number of allylic oxidation sites excluding steroid dienone is 2. The summed E-state index contributed by atoms with van der Waals surface area (Å²) in [5.74, 6) is 0.481. The van der Waals surface area contributed by atoms with Gasteiger partial charge in [0.15, 0.2) is 0 Å². The lowest BCUT2D eigenvalue weighted by atomic mass is 9.94. The van der Waals surface area contributed by atoms with Crippen LogP contribution in [0.5, 0.6) is 0 Å². The second-order valence-corrected chi connectivity index (χ2v) is 4.37. The predicted molar refractivity (Wildman–Crippen MR) is 56.9 cm³/mol. The van der Waals surface area contributed by atoms with Gasteiger partial charge in [-0.25, -0.2) is 0 Å². The molecule has 0 heterocycles. The summed E-state index contributed by atoms with van der Waals surface area (Å²) in [5, 5.41) is 0.